The molecule has 21 heavy (non-hydrogen) atoms. The lowest BCUT2D eigenvalue weighted by molar-refractivity contribution is 0.0784. The van der Waals surface area contributed by atoms with E-state index in [1.807, 2.05) is 40.7 Å². The summed E-state index contributed by atoms with van der Waals surface area (Å²) in [6.45, 7) is 3.59. The van der Waals surface area contributed by atoms with Crippen LogP contribution in [0.25, 0.3) is 5.69 Å². The molecule has 2 aromatic rings. The Bertz CT molecular complexity index is 701. The zero-order chi connectivity index (χ0) is 14.8. The Morgan fingerprint density at radius 2 is 1.81 bits per heavy atom. The molecular formula is C17H17N3O. The summed E-state index contributed by atoms with van der Waals surface area (Å²) in [5.41, 5.74) is 2.99. The molecule has 3 rings (SSSR count). The summed E-state index contributed by atoms with van der Waals surface area (Å²) >= 11 is 0. The number of carbonyl (C=O) groups excluding carboxylic acids is 1. The maximum absolute atomic E-state index is 12.7. The Kier molecular flexibility index (Phi) is 3.49. The van der Waals surface area contributed by atoms with Crippen molar-refractivity contribution in [3.05, 3.63) is 53.3 Å². The monoisotopic (exact) mass is 279 g/mol. The average Bonchev–Trinajstić information content (AvgIpc) is 3.16. The van der Waals surface area contributed by atoms with Crippen LogP contribution < -0.4 is 0 Å². The number of rotatable bonds is 2. The van der Waals surface area contributed by atoms with Crippen molar-refractivity contribution in [1.29, 1.82) is 5.26 Å². The van der Waals surface area contributed by atoms with E-state index in [9.17, 15) is 10.1 Å². The third-order valence-corrected chi connectivity index (χ3v) is 3.91. The topological polar surface area (TPSA) is 49.0 Å². The van der Waals surface area contributed by atoms with E-state index in [0.29, 0.717) is 11.3 Å². The van der Waals surface area contributed by atoms with Crippen molar-refractivity contribution in [3.63, 3.8) is 0 Å². The third kappa shape index (κ3) is 2.43. The Morgan fingerprint density at radius 1 is 1.14 bits per heavy atom. The molecule has 0 aliphatic carbocycles. The van der Waals surface area contributed by atoms with Crippen LogP contribution in [0.3, 0.4) is 0 Å². The van der Waals surface area contributed by atoms with Crippen LogP contribution in [-0.4, -0.2) is 28.5 Å². The third-order valence-electron chi connectivity index (χ3n) is 3.91. The predicted octanol–water partition coefficient (Wildman–Crippen LogP) is 2.89. The number of hydrogen-bond donors (Lipinski definition) is 0. The highest BCUT2D eigenvalue weighted by Gasteiger charge is 2.25. The summed E-state index contributed by atoms with van der Waals surface area (Å²) in [4.78, 5) is 14.5. The van der Waals surface area contributed by atoms with E-state index in [-0.39, 0.29) is 5.91 Å². The van der Waals surface area contributed by atoms with Crippen molar-refractivity contribution in [2.24, 2.45) is 0 Å². The average molecular weight is 279 g/mol. The van der Waals surface area contributed by atoms with Gasteiger partial charge in [0.2, 0.25) is 0 Å². The van der Waals surface area contributed by atoms with E-state index in [1.54, 1.807) is 12.3 Å². The van der Waals surface area contributed by atoms with E-state index in [4.69, 9.17) is 0 Å². The fourth-order valence-corrected chi connectivity index (χ4v) is 2.73. The number of amides is 1. The highest BCUT2D eigenvalue weighted by atomic mass is 16.2. The van der Waals surface area contributed by atoms with E-state index < -0.39 is 0 Å². The van der Waals surface area contributed by atoms with Crippen molar-refractivity contribution in [1.82, 2.24) is 9.47 Å². The Labute approximate surface area is 124 Å². The van der Waals surface area contributed by atoms with Crippen molar-refractivity contribution < 1.29 is 4.79 Å². The summed E-state index contributed by atoms with van der Waals surface area (Å²) in [5.74, 6) is -0.0466. The van der Waals surface area contributed by atoms with Crippen molar-refractivity contribution in [3.8, 4) is 11.8 Å². The number of aromatic nitrogens is 1. The predicted molar refractivity (Wildman–Crippen MR) is 80.4 cm³/mol. The molecule has 0 atom stereocenters. The molecule has 1 aliphatic rings. The molecule has 106 valence electrons. The largest absolute Gasteiger partial charge is 0.337 e. The van der Waals surface area contributed by atoms with Crippen molar-refractivity contribution in [2.45, 2.75) is 19.8 Å². The van der Waals surface area contributed by atoms with Crippen LogP contribution in [0.4, 0.5) is 0 Å². The minimum atomic E-state index is -0.0466. The Hall–Kier alpha value is -2.54. The molecule has 0 radical (unpaired) electrons. The molecule has 0 N–H and O–H groups in total. The fraction of sp³-hybridized carbons (Fsp3) is 0.294. The number of carbonyl (C=O) groups is 1. The van der Waals surface area contributed by atoms with Gasteiger partial charge in [-0.05, 0) is 38.0 Å². The van der Waals surface area contributed by atoms with Crippen LogP contribution in [0.5, 0.6) is 0 Å². The molecule has 1 aliphatic heterocycles. The molecule has 4 heteroatoms. The number of benzene rings is 1. The van der Waals surface area contributed by atoms with Gasteiger partial charge in [0.1, 0.15) is 11.8 Å². The fourth-order valence-electron chi connectivity index (χ4n) is 2.73. The molecule has 0 saturated carbocycles. The van der Waals surface area contributed by atoms with E-state index in [2.05, 4.69) is 6.07 Å². The second kappa shape index (κ2) is 5.45. The van der Waals surface area contributed by atoms with Gasteiger partial charge in [0.05, 0.1) is 5.56 Å². The number of hydrogen-bond acceptors (Lipinski definition) is 2. The Balaban J connectivity index is 2.06. The minimum absolute atomic E-state index is 0.0466. The van der Waals surface area contributed by atoms with Gasteiger partial charge >= 0.3 is 0 Å². The molecule has 0 spiro atoms. The second-order valence-corrected chi connectivity index (χ2v) is 5.39. The van der Waals surface area contributed by atoms with Crippen LogP contribution in [0.1, 0.15) is 34.5 Å². The van der Waals surface area contributed by atoms with Crippen LogP contribution in [-0.2, 0) is 0 Å². The number of nitriles is 1. The first-order valence-electron chi connectivity index (χ1n) is 7.18. The first-order valence-corrected chi connectivity index (χ1v) is 7.18. The van der Waals surface area contributed by atoms with Gasteiger partial charge in [0.25, 0.3) is 5.91 Å². The smallest absolute Gasteiger partial charge is 0.272 e. The van der Waals surface area contributed by atoms with Gasteiger partial charge in [-0.2, -0.15) is 5.26 Å². The van der Waals surface area contributed by atoms with E-state index >= 15 is 0 Å². The zero-order valence-electron chi connectivity index (χ0n) is 12.0. The molecule has 0 bridgehead atoms. The molecular weight excluding hydrogens is 262 g/mol. The highest BCUT2D eigenvalue weighted by molar-refractivity contribution is 5.96. The molecule has 4 nitrogen and oxygen atoms in total. The summed E-state index contributed by atoms with van der Waals surface area (Å²) in [6.07, 6.45) is 3.88. The van der Waals surface area contributed by atoms with Gasteiger partial charge in [-0.1, -0.05) is 17.7 Å². The first kappa shape index (κ1) is 13.4. The quantitative estimate of drug-likeness (QED) is 0.848. The van der Waals surface area contributed by atoms with E-state index in [1.165, 1.54) is 5.56 Å². The normalized spacial score (nSPS) is 14.2. The summed E-state index contributed by atoms with van der Waals surface area (Å²) in [6, 6.07) is 11.8. The standard InChI is InChI=1S/C17H17N3O/c1-13-4-6-15(7-5-13)20-11-8-14(12-18)16(20)17(21)19-9-2-3-10-19/h4-8,11H,2-3,9-10H2,1H3. The first-order chi connectivity index (χ1) is 10.2. The van der Waals surface area contributed by atoms with Gasteiger partial charge < -0.3 is 9.47 Å². The summed E-state index contributed by atoms with van der Waals surface area (Å²) in [7, 11) is 0. The summed E-state index contributed by atoms with van der Waals surface area (Å²) in [5, 5.41) is 9.28. The minimum Gasteiger partial charge on any atom is -0.337 e. The molecule has 1 aromatic carbocycles. The second-order valence-electron chi connectivity index (χ2n) is 5.39. The lowest BCUT2D eigenvalue weighted by Gasteiger charge is -2.17. The van der Waals surface area contributed by atoms with Gasteiger partial charge in [-0.15, -0.1) is 0 Å². The number of likely N-dealkylation sites (tertiary alicyclic amines) is 1. The molecule has 1 saturated heterocycles. The van der Waals surface area contributed by atoms with Crippen LogP contribution in [0.2, 0.25) is 0 Å². The maximum atomic E-state index is 12.7. The number of aryl methyl sites for hydroxylation is 1. The maximum Gasteiger partial charge on any atom is 0.272 e. The van der Waals surface area contributed by atoms with E-state index in [0.717, 1.165) is 31.6 Å². The molecule has 2 heterocycles. The molecule has 0 unspecified atom stereocenters. The van der Waals surface area contributed by atoms with Gasteiger partial charge in [-0.3, -0.25) is 4.79 Å². The lowest BCUT2D eigenvalue weighted by atomic mass is 10.2. The van der Waals surface area contributed by atoms with Gasteiger partial charge in [0.15, 0.2) is 0 Å². The Morgan fingerprint density at radius 3 is 2.43 bits per heavy atom. The van der Waals surface area contributed by atoms with Gasteiger partial charge in [0, 0.05) is 25.0 Å². The zero-order valence-corrected chi connectivity index (χ0v) is 12.0. The van der Waals surface area contributed by atoms with Crippen molar-refractivity contribution >= 4 is 5.91 Å². The van der Waals surface area contributed by atoms with Crippen LogP contribution >= 0.6 is 0 Å². The summed E-state index contributed by atoms with van der Waals surface area (Å²) < 4.78 is 1.82. The van der Waals surface area contributed by atoms with Crippen LogP contribution in [0.15, 0.2) is 36.5 Å². The molecule has 1 amide bonds. The van der Waals surface area contributed by atoms with Gasteiger partial charge in [-0.25, -0.2) is 0 Å². The number of nitrogens with zero attached hydrogens (tertiary/aromatic N) is 3. The van der Waals surface area contributed by atoms with Crippen molar-refractivity contribution in [2.75, 3.05) is 13.1 Å². The SMILES string of the molecule is Cc1ccc(-n2ccc(C#N)c2C(=O)N2CCCC2)cc1. The molecule has 1 fully saturated rings. The van der Waals surface area contributed by atoms with Crippen LogP contribution in [0, 0.1) is 18.3 Å². The lowest BCUT2D eigenvalue weighted by Crippen LogP contribution is -2.30. The molecule has 1 aromatic heterocycles. The highest BCUT2D eigenvalue weighted by Crippen LogP contribution is 2.21.